The Bertz CT molecular complexity index is 583. The lowest BCUT2D eigenvalue weighted by Crippen LogP contribution is -2.19. The van der Waals surface area contributed by atoms with E-state index in [9.17, 15) is 4.79 Å². The maximum Gasteiger partial charge on any atom is 0.324 e. The number of anilines is 2. The highest BCUT2D eigenvalue weighted by Gasteiger charge is 2.08. The Morgan fingerprint density at radius 2 is 2.06 bits per heavy atom. The number of benzene rings is 1. The standard InChI is InChI=1S/C11H9Cl2N3O2/c1-6-4-10(16-18-6)15-11(17)14-9-5-7(12)2-3-8(9)13/h2-5H,1H3,(H2,14,15,16,17). The topological polar surface area (TPSA) is 67.2 Å². The van der Waals surface area contributed by atoms with Crippen molar-refractivity contribution < 1.29 is 9.32 Å². The number of hydrogen-bond donors (Lipinski definition) is 2. The van der Waals surface area contributed by atoms with Crippen LogP contribution in [0.1, 0.15) is 5.76 Å². The molecule has 7 heteroatoms. The van der Waals surface area contributed by atoms with Crippen molar-refractivity contribution in [3.63, 3.8) is 0 Å². The molecule has 0 aliphatic heterocycles. The predicted octanol–water partition coefficient (Wildman–Crippen LogP) is 3.93. The molecule has 2 rings (SSSR count). The van der Waals surface area contributed by atoms with Gasteiger partial charge in [-0.2, -0.15) is 0 Å². The number of aromatic nitrogens is 1. The highest BCUT2D eigenvalue weighted by atomic mass is 35.5. The molecule has 0 fully saturated rings. The molecule has 0 bridgehead atoms. The Morgan fingerprint density at radius 1 is 1.28 bits per heavy atom. The fourth-order valence-corrected chi connectivity index (χ4v) is 1.63. The Hall–Kier alpha value is -1.72. The first kappa shape index (κ1) is 12.7. The van der Waals surface area contributed by atoms with Crippen LogP contribution in [0.5, 0.6) is 0 Å². The van der Waals surface area contributed by atoms with E-state index in [1.807, 2.05) is 0 Å². The Balaban J connectivity index is 2.05. The van der Waals surface area contributed by atoms with Crippen LogP contribution in [0, 0.1) is 6.92 Å². The molecule has 0 unspecified atom stereocenters. The van der Waals surface area contributed by atoms with Crippen molar-refractivity contribution in [1.82, 2.24) is 5.16 Å². The zero-order valence-electron chi connectivity index (χ0n) is 9.33. The largest absolute Gasteiger partial charge is 0.360 e. The molecule has 0 spiro atoms. The third-order valence-electron chi connectivity index (χ3n) is 2.05. The van der Waals surface area contributed by atoms with Gasteiger partial charge >= 0.3 is 6.03 Å². The van der Waals surface area contributed by atoms with E-state index in [0.717, 1.165) is 0 Å². The first-order chi connectivity index (χ1) is 8.54. The molecule has 2 N–H and O–H groups in total. The van der Waals surface area contributed by atoms with Crippen molar-refractivity contribution in [3.05, 3.63) is 40.1 Å². The summed E-state index contributed by atoms with van der Waals surface area (Å²) in [6.45, 7) is 1.73. The average molecular weight is 286 g/mol. The summed E-state index contributed by atoms with van der Waals surface area (Å²) in [5, 5.41) is 9.57. The SMILES string of the molecule is Cc1cc(NC(=O)Nc2cc(Cl)ccc2Cl)no1. The number of carbonyl (C=O) groups is 1. The molecule has 2 aromatic rings. The summed E-state index contributed by atoms with van der Waals surface area (Å²) in [6.07, 6.45) is 0. The molecule has 2 amide bonds. The number of amides is 2. The van der Waals surface area contributed by atoms with Crippen LogP contribution in [0.2, 0.25) is 10.0 Å². The normalized spacial score (nSPS) is 10.2. The molecular weight excluding hydrogens is 277 g/mol. The minimum atomic E-state index is -0.479. The molecule has 0 aliphatic rings. The summed E-state index contributed by atoms with van der Waals surface area (Å²) in [5.41, 5.74) is 0.418. The van der Waals surface area contributed by atoms with Crippen LogP contribution >= 0.6 is 23.2 Å². The molecule has 1 aromatic heterocycles. The van der Waals surface area contributed by atoms with Crippen molar-refractivity contribution in [1.29, 1.82) is 0 Å². The van der Waals surface area contributed by atoms with E-state index in [4.69, 9.17) is 27.7 Å². The summed E-state index contributed by atoms with van der Waals surface area (Å²) in [5.74, 6) is 0.925. The van der Waals surface area contributed by atoms with Gasteiger partial charge in [0, 0.05) is 11.1 Å². The number of hydrogen-bond acceptors (Lipinski definition) is 3. The van der Waals surface area contributed by atoms with Gasteiger partial charge in [0.15, 0.2) is 5.82 Å². The van der Waals surface area contributed by atoms with Crippen LogP contribution in [0.4, 0.5) is 16.3 Å². The number of nitrogens with one attached hydrogen (secondary N) is 2. The van der Waals surface area contributed by atoms with Gasteiger partial charge in [0.05, 0.1) is 10.7 Å². The monoisotopic (exact) mass is 285 g/mol. The van der Waals surface area contributed by atoms with Gasteiger partial charge < -0.3 is 9.84 Å². The van der Waals surface area contributed by atoms with Crippen LogP contribution in [-0.4, -0.2) is 11.2 Å². The smallest absolute Gasteiger partial charge is 0.324 e. The molecule has 1 heterocycles. The van der Waals surface area contributed by atoms with Gasteiger partial charge in [-0.3, -0.25) is 5.32 Å². The highest BCUT2D eigenvalue weighted by Crippen LogP contribution is 2.25. The second-order valence-electron chi connectivity index (χ2n) is 3.53. The van der Waals surface area contributed by atoms with Gasteiger partial charge in [0.1, 0.15) is 5.76 Å². The number of aryl methyl sites for hydroxylation is 1. The van der Waals surface area contributed by atoms with Crippen molar-refractivity contribution in [3.8, 4) is 0 Å². The zero-order valence-corrected chi connectivity index (χ0v) is 10.8. The summed E-state index contributed by atoms with van der Waals surface area (Å²) >= 11 is 11.7. The van der Waals surface area contributed by atoms with Crippen molar-refractivity contribution in [2.75, 3.05) is 10.6 Å². The van der Waals surface area contributed by atoms with Gasteiger partial charge in [-0.15, -0.1) is 0 Å². The van der Waals surface area contributed by atoms with Gasteiger partial charge in [0.25, 0.3) is 0 Å². The van der Waals surface area contributed by atoms with Gasteiger partial charge in [-0.05, 0) is 25.1 Å². The van der Waals surface area contributed by atoms with Gasteiger partial charge in [-0.1, -0.05) is 28.4 Å². The molecule has 94 valence electrons. The Morgan fingerprint density at radius 3 is 2.72 bits per heavy atom. The first-order valence-corrected chi connectivity index (χ1v) is 5.76. The van der Waals surface area contributed by atoms with Crippen molar-refractivity contribution in [2.45, 2.75) is 6.92 Å². The number of halogens is 2. The van der Waals surface area contributed by atoms with Crippen LogP contribution in [-0.2, 0) is 0 Å². The minimum Gasteiger partial charge on any atom is -0.360 e. The zero-order chi connectivity index (χ0) is 13.1. The van der Waals surface area contributed by atoms with Crippen LogP contribution in [0.25, 0.3) is 0 Å². The number of carbonyl (C=O) groups excluding carboxylic acids is 1. The van der Waals surface area contributed by atoms with E-state index >= 15 is 0 Å². The minimum absolute atomic E-state index is 0.322. The summed E-state index contributed by atoms with van der Waals surface area (Å²) in [7, 11) is 0. The van der Waals surface area contributed by atoms with Crippen LogP contribution in [0.3, 0.4) is 0 Å². The van der Waals surface area contributed by atoms with E-state index in [2.05, 4.69) is 15.8 Å². The quantitative estimate of drug-likeness (QED) is 0.878. The molecule has 0 atom stereocenters. The third kappa shape index (κ3) is 3.15. The Labute approximate surface area is 113 Å². The fourth-order valence-electron chi connectivity index (χ4n) is 1.29. The van der Waals surface area contributed by atoms with Crippen LogP contribution < -0.4 is 10.6 Å². The number of rotatable bonds is 2. The average Bonchev–Trinajstić information content (AvgIpc) is 2.69. The first-order valence-electron chi connectivity index (χ1n) is 5.01. The van der Waals surface area contributed by atoms with E-state index in [1.54, 1.807) is 31.2 Å². The van der Waals surface area contributed by atoms with Gasteiger partial charge in [-0.25, -0.2) is 4.79 Å². The second-order valence-corrected chi connectivity index (χ2v) is 4.37. The summed E-state index contributed by atoms with van der Waals surface area (Å²) in [6, 6.07) is 5.90. The van der Waals surface area contributed by atoms with E-state index < -0.39 is 6.03 Å². The highest BCUT2D eigenvalue weighted by molar-refractivity contribution is 6.35. The maximum absolute atomic E-state index is 11.6. The predicted molar refractivity (Wildman–Crippen MR) is 70.3 cm³/mol. The lowest BCUT2D eigenvalue weighted by atomic mass is 10.3. The lowest BCUT2D eigenvalue weighted by Gasteiger charge is -2.07. The third-order valence-corrected chi connectivity index (χ3v) is 2.61. The molecule has 18 heavy (non-hydrogen) atoms. The van der Waals surface area contributed by atoms with Crippen molar-refractivity contribution in [2.24, 2.45) is 0 Å². The number of urea groups is 1. The van der Waals surface area contributed by atoms with Crippen LogP contribution in [0.15, 0.2) is 28.8 Å². The summed E-state index contributed by atoms with van der Waals surface area (Å²) in [4.78, 5) is 11.6. The molecule has 5 nitrogen and oxygen atoms in total. The lowest BCUT2D eigenvalue weighted by molar-refractivity contribution is 0.262. The number of nitrogens with zero attached hydrogens (tertiary/aromatic N) is 1. The molecular formula is C11H9Cl2N3O2. The van der Waals surface area contributed by atoms with E-state index in [-0.39, 0.29) is 0 Å². The van der Waals surface area contributed by atoms with Gasteiger partial charge in [0.2, 0.25) is 0 Å². The molecule has 0 saturated carbocycles. The molecule has 0 saturated heterocycles. The maximum atomic E-state index is 11.6. The Kier molecular flexibility index (Phi) is 3.74. The van der Waals surface area contributed by atoms with Crippen molar-refractivity contribution >= 4 is 40.7 Å². The molecule has 0 aliphatic carbocycles. The summed E-state index contributed by atoms with van der Waals surface area (Å²) < 4.78 is 4.82. The second kappa shape index (κ2) is 5.29. The molecule has 0 radical (unpaired) electrons. The van der Waals surface area contributed by atoms with E-state index in [0.29, 0.717) is 27.3 Å². The molecule has 1 aromatic carbocycles. The fraction of sp³-hybridized carbons (Fsp3) is 0.0909. The van der Waals surface area contributed by atoms with E-state index in [1.165, 1.54) is 0 Å².